The SMILES string of the molecule is CCNC(=NCCOC)N(C)Cc1ccccc1Cl. The number of hydrogen-bond acceptors (Lipinski definition) is 2. The Hall–Kier alpha value is -1.26. The largest absolute Gasteiger partial charge is 0.383 e. The van der Waals surface area contributed by atoms with Crippen molar-refractivity contribution in [2.24, 2.45) is 4.99 Å². The van der Waals surface area contributed by atoms with Gasteiger partial charge in [-0.3, -0.25) is 4.99 Å². The Kier molecular flexibility index (Phi) is 7.30. The van der Waals surface area contributed by atoms with Crippen LogP contribution in [0.15, 0.2) is 29.3 Å². The Morgan fingerprint density at radius 1 is 1.42 bits per heavy atom. The molecule has 0 aliphatic heterocycles. The molecule has 19 heavy (non-hydrogen) atoms. The van der Waals surface area contributed by atoms with Crippen LogP contribution in [-0.4, -0.2) is 44.7 Å². The van der Waals surface area contributed by atoms with Crippen molar-refractivity contribution in [1.82, 2.24) is 10.2 Å². The van der Waals surface area contributed by atoms with E-state index >= 15 is 0 Å². The summed E-state index contributed by atoms with van der Waals surface area (Å²) in [4.78, 5) is 6.55. The molecule has 0 amide bonds. The van der Waals surface area contributed by atoms with Crippen LogP contribution in [0.25, 0.3) is 0 Å². The summed E-state index contributed by atoms with van der Waals surface area (Å²) in [6.07, 6.45) is 0. The average molecular weight is 284 g/mol. The molecule has 0 heterocycles. The van der Waals surface area contributed by atoms with Crippen LogP contribution >= 0.6 is 11.6 Å². The van der Waals surface area contributed by atoms with E-state index < -0.39 is 0 Å². The van der Waals surface area contributed by atoms with Crippen molar-refractivity contribution in [3.05, 3.63) is 34.9 Å². The van der Waals surface area contributed by atoms with Gasteiger partial charge >= 0.3 is 0 Å². The molecule has 0 spiro atoms. The van der Waals surface area contributed by atoms with Gasteiger partial charge in [0.15, 0.2) is 5.96 Å². The van der Waals surface area contributed by atoms with E-state index in [4.69, 9.17) is 16.3 Å². The van der Waals surface area contributed by atoms with Gasteiger partial charge in [-0.2, -0.15) is 0 Å². The first kappa shape index (κ1) is 15.8. The molecule has 1 N–H and O–H groups in total. The predicted octanol–water partition coefficient (Wildman–Crippen LogP) is 2.38. The van der Waals surface area contributed by atoms with E-state index in [1.54, 1.807) is 7.11 Å². The fourth-order valence-corrected chi connectivity index (χ4v) is 1.87. The minimum atomic E-state index is 0.620. The summed E-state index contributed by atoms with van der Waals surface area (Å²) in [6, 6.07) is 7.85. The zero-order valence-electron chi connectivity index (χ0n) is 11.8. The Balaban J connectivity index is 2.68. The first-order valence-corrected chi connectivity index (χ1v) is 6.78. The van der Waals surface area contributed by atoms with Gasteiger partial charge in [0.05, 0.1) is 13.2 Å². The van der Waals surface area contributed by atoms with Gasteiger partial charge in [0, 0.05) is 32.3 Å². The van der Waals surface area contributed by atoms with Gasteiger partial charge < -0.3 is 15.0 Å². The number of nitrogens with one attached hydrogen (secondary N) is 1. The van der Waals surface area contributed by atoms with E-state index in [0.29, 0.717) is 13.2 Å². The lowest BCUT2D eigenvalue weighted by Crippen LogP contribution is -2.38. The van der Waals surface area contributed by atoms with E-state index in [0.717, 1.165) is 29.6 Å². The van der Waals surface area contributed by atoms with Crippen LogP contribution in [0, 0.1) is 0 Å². The van der Waals surface area contributed by atoms with Gasteiger partial charge in [0.2, 0.25) is 0 Å². The first-order valence-electron chi connectivity index (χ1n) is 6.40. The molecule has 0 unspecified atom stereocenters. The molecule has 0 fully saturated rings. The molecule has 5 heteroatoms. The van der Waals surface area contributed by atoms with E-state index in [1.807, 2.05) is 31.3 Å². The summed E-state index contributed by atoms with van der Waals surface area (Å²) in [5.74, 6) is 0.861. The maximum absolute atomic E-state index is 6.17. The van der Waals surface area contributed by atoms with Crippen molar-refractivity contribution in [3.8, 4) is 0 Å². The smallest absolute Gasteiger partial charge is 0.194 e. The average Bonchev–Trinajstić information content (AvgIpc) is 2.40. The number of benzene rings is 1. The molecule has 1 aromatic carbocycles. The van der Waals surface area contributed by atoms with E-state index in [2.05, 4.69) is 22.1 Å². The maximum Gasteiger partial charge on any atom is 0.194 e. The van der Waals surface area contributed by atoms with Crippen LogP contribution < -0.4 is 5.32 Å². The number of nitrogens with zero attached hydrogens (tertiary/aromatic N) is 2. The third-order valence-corrected chi connectivity index (χ3v) is 2.99. The Morgan fingerprint density at radius 2 is 2.16 bits per heavy atom. The number of halogens is 1. The summed E-state index contributed by atoms with van der Waals surface area (Å²) >= 11 is 6.17. The molecule has 1 aromatic rings. The number of guanidine groups is 1. The molecule has 0 bridgehead atoms. The lowest BCUT2D eigenvalue weighted by Gasteiger charge is -2.22. The molecule has 1 rings (SSSR count). The van der Waals surface area contributed by atoms with E-state index in [9.17, 15) is 0 Å². The van der Waals surface area contributed by atoms with Gasteiger partial charge in [-0.15, -0.1) is 0 Å². The summed E-state index contributed by atoms with van der Waals surface area (Å²) in [7, 11) is 3.67. The second-order valence-electron chi connectivity index (χ2n) is 4.18. The molecule has 0 aliphatic carbocycles. The minimum Gasteiger partial charge on any atom is -0.383 e. The monoisotopic (exact) mass is 283 g/mol. The number of rotatable bonds is 6. The molecule has 0 radical (unpaired) electrons. The molecule has 0 saturated carbocycles. The minimum absolute atomic E-state index is 0.620. The zero-order valence-corrected chi connectivity index (χ0v) is 12.6. The fourth-order valence-electron chi connectivity index (χ4n) is 1.67. The molecular formula is C14H22ClN3O. The molecule has 0 atom stereocenters. The highest BCUT2D eigenvalue weighted by molar-refractivity contribution is 6.31. The standard InChI is InChI=1S/C14H22ClN3O/c1-4-16-14(17-9-10-19-3)18(2)11-12-7-5-6-8-13(12)15/h5-8H,4,9-11H2,1-3H3,(H,16,17). The van der Waals surface area contributed by atoms with Crippen molar-refractivity contribution in [3.63, 3.8) is 0 Å². The Morgan fingerprint density at radius 3 is 2.79 bits per heavy atom. The van der Waals surface area contributed by atoms with Gasteiger partial charge in [-0.25, -0.2) is 0 Å². The van der Waals surface area contributed by atoms with Gasteiger partial charge in [0.25, 0.3) is 0 Å². The third-order valence-electron chi connectivity index (χ3n) is 2.62. The fraction of sp³-hybridized carbons (Fsp3) is 0.500. The number of ether oxygens (including phenoxy) is 1. The van der Waals surface area contributed by atoms with Gasteiger partial charge in [-0.1, -0.05) is 29.8 Å². The lowest BCUT2D eigenvalue weighted by molar-refractivity contribution is 0.207. The Labute approximate surface area is 120 Å². The molecule has 0 aliphatic rings. The summed E-state index contributed by atoms with van der Waals surface area (Å²) in [6.45, 7) is 4.87. The molecule has 0 saturated heterocycles. The van der Waals surface area contributed by atoms with Gasteiger partial charge in [-0.05, 0) is 18.6 Å². The summed E-state index contributed by atoms with van der Waals surface area (Å²) in [5, 5.41) is 4.04. The highest BCUT2D eigenvalue weighted by Crippen LogP contribution is 2.16. The van der Waals surface area contributed by atoms with Crippen molar-refractivity contribution in [1.29, 1.82) is 0 Å². The molecule has 106 valence electrons. The van der Waals surface area contributed by atoms with Crippen LogP contribution in [0.4, 0.5) is 0 Å². The third kappa shape index (κ3) is 5.49. The second kappa shape index (κ2) is 8.77. The van der Waals surface area contributed by atoms with E-state index in [-0.39, 0.29) is 0 Å². The second-order valence-corrected chi connectivity index (χ2v) is 4.58. The number of aliphatic imine (C=N–C) groups is 1. The van der Waals surface area contributed by atoms with Gasteiger partial charge in [0.1, 0.15) is 0 Å². The summed E-state index contributed by atoms with van der Waals surface area (Å²) < 4.78 is 5.01. The molecule has 4 nitrogen and oxygen atoms in total. The first-order chi connectivity index (χ1) is 9.19. The van der Waals surface area contributed by atoms with Crippen molar-refractivity contribution in [2.45, 2.75) is 13.5 Å². The van der Waals surface area contributed by atoms with Crippen molar-refractivity contribution >= 4 is 17.6 Å². The van der Waals surface area contributed by atoms with Crippen LogP contribution in [-0.2, 0) is 11.3 Å². The predicted molar refractivity (Wildman–Crippen MR) is 80.8 cm³/mol. The van der Waals surface area contributed by atoms with E-state index in [1.165, 1.54) is 0 Å². The van der Waals surface area contributed by atoms with Crippen molar-refractivity contribution < 1.29 is 4.74 Å². The number of hydrogen-bond donors (Lipinski definition) is 1. The zero-order chi connectivity index (χ0) is 14.1. The topological polar surface area (TPSA) is 36.9 Å². The highest BCUT2D eigenvalue weighted by atomic mass is 35.5. The molecule has 0 aromatic heterocycles. The summed E-state index contributed by atoms with van der Waals surface area (Å²) in [5.41, 5.74) is 1.09. The van der Waals surface area contributed by atoms with Crippen LogP contribution in [0.1, 0.15) is 12.5 Å². The van der Waals surface area contributed by atoms with Crippen LogP contribution in [0.3, 0.4) is 0 Å². The highest BCUT2D eigenvalue weighted by Gasteiger charge is 2.08. The van der Waals surface area contributed by atoms with Crippen molar-refractivity contribution in [2.75, 3.05) is 33.9 Å². The van der Waals surface area contributed by atoms with Crippen LogP contribution in [0.5, 0.6) is 0 Å². The van der Waals surface area contributed by atoms with Crippen LogP contribution in [0.2, 0.25) is 5.02 Å². The Bertz CT molecular complexity index is 409. The molecular weight excluding hydrogens is 262 g/mol. The quantitative estimate of drug-likeness (QED) is 0.495. The number of methoxy groups -OCH3 is 1. The lowest BCUT2D eigenvalue weighted by atomic mass is 10.2. The normalized spacial score (nSPS) is 11.5. The maximum atomic E-state index is 6.17.